The summed E-state index contributed by atoms with van der Waals surface area (Å²) in [6, 6.07) is 6.98. The first-order valence-corrected chi connectivity index (χ1v) is 11.5. The summed E-state index contributed by atoms with van der Waals surface area (Å²) in [6.45, 7) is 14.8. The summed E-state index contributed by atoms with van der Waals surface area (Å²) in [4.78, 5) is 29.3. The van der Waals surface area contributed by atoms with Crippen LogP contribution < -0.4 is 10.6 Å². The minimum atomic E-state index is -0.283. The number of rotatable bonds is 4. The van der Waals surface area contributed by atoms with Gasteiger partial charge in [0.2, 0.25) is 0 Å². The van der Waals surface area contributed by atoms with Crippen molar-refractivity contribution in [2.75, 3.05) is 38.0 Å². The summed E-state index contributed by atoms with van der Waals surface area (Å²) in [5, 5.41) is 5.90. The van der Waals surface area contributed by atoms with E-state index in [1.807, 2.05) is 25.7 Å². The zero-order valence-corrected chi connectivity index (χ0v) is 19.6. The van der Waals surface area contributed by atoms with E-state index in [1.54, 1.807) is 24.3 Å². The Labute approximate surface area is 186 Å². The third-order valence-electron chi connectivity index (χ3n) is 5.80. The Hall–Kier alpha value is -2.12. The van der Waals surface area contributed by atoms with Crippen molar-refractivity contribution in [1.82, 2.24) is 15.1 Å². The van der Waals surface area contributed by atoms with Crippen molar-refractivity contribution in [3.05, 3.63) is 29.8 Å². The summed E-state index contributed by atoms with van der Waals surface area (Å²) in [6.07, 6.45) is 2.64. The molecule has 2 aliphatic rings. The number of piperidine rings is 1. The standard InChI is InChI=1S/C24H38N4O3/c1-17-14-27(15-18(2)31-17)16-19-10-12-28(13-11-19)23(30)25-21-8-6-20(7-9-21)22(29)26-24(3,4)5/h6-9,17-19H,10-16H2,1-5H3,(H,25,30)(H,26,29). The number of carbonyl (C=O) groups excluding carboxylic acids is 2. The second-order valence-corrected chi connectivity index (χ2v) is 10.1. The highest BCUT2D eigenvalue weighted by Gasteiger charge is 2.28. The number of ether oxygens (including phenoxy) is 1. The van der Waals surface area contributed by atoms with E-state index in [-0.39, 0.29) is 17.5 Å². The molecule has 7 heteroatoms. The van der Waals surface area contributed by atoms with Crippen molar-refractivity contribution in [3.8, 4) is 0 Å². The van der Waals surface area contributed by atoms with Crippen molar-refractivity contribution in [3.63, 3.8) is 0 Å². The molecule has 0 bridgehead atoms. The van der Waals surface area contributed by atoms with Crippen LogP contribution in [0.25, 0.3) is 0 Å². The lowest BCUT2D eigenvalue weighted by Gasteiger charge is -2.39. The lowest BCUT2D eigenvalue weighted by atomic mass is 9.96. The average Bonchev–Trinajstić information content (AvgIpc) is 2.67. The number of morpholine rings is 1. The smallest absolute Gasteiger partial charge is 0.321 e. The third kappa shape index (κ3) is 7.21. The molecule has 1 aromatic rings. The number of hydrogen-bond acceptors (Lipinski definition) is 4. The van der Waals surface area contributed by atoms with Crippen LogP contribution in [0.4, 0.5) is 10.5 Å². The van der Waals surface area contributed by atoms with E-state index in [0.717, 1.165) is 45.6 Å². The Kier molecular flexibility index (Phi) is 7.59. The Morgan fingerprint density at radius 3 is 2.16 bits per heavy atom. The predicted molar refractivity (Wildman–Crippen MR) is 123 cm³/mol. The minimum Gasteiger partial charge on any atom is -0.373 e. The van der Waals surface area contributed by atoms with E-state index in [9.17, 15) is 9.59 Å². The highest BCUT2D eigenvalue weighted by molar-refractivity contribution is 5.95. The van der Waals surface area contributed by atoms with E-state index in [2.05, 4.69) is 29.4 Å². The van der Waals surface area contributed by atoms with Crippen molar-refractivity contribution < 1.29 is 14.3 Å². The van der Waals surface area contributed by atoms with Crippen LogP contribution >= 0.6 is 0 Å². The van der Waals surface area contributed by atoms with Crippen LogP contribution in [0.1, 0.15) is 57.8 Å². The topological polar surface area (TPSA) is 73.9 Å². The summed E-state index contributed by atoms with van der Waals surface area (Å²) in [5.41, 5.74) is 1.00. The zero-order chi connectivity index (χ0) is 22.6. The third-order valence-corrected chi connectivity index (χ3v) is 5.80. The van der Waals surface area contributed by atoms with Crippen molar-refractivity contribution in [2.24, 2.45) is 5.92 Å². The molecule has 2 aliphatic heterocycles. The number of likely N-dealkylation sites (tertiary alicyclic amines) is 1. The Morgan fingerprint density at radius 1 is 1.03 bits per heavy atom. The van der Waals surface area contributed by atoms with Gasteiger partial charge in [0, 0.05) is 49.5 Å². The molecule has 0 radical (unpaired) electrons. The summed E-state index contributed by atoms with van der Waals surface area (Å²) in [7, 11) is 0. The average molecular weight is 431 g/mol. The van der Waals surface area contributed by atoms with Crippen LogP contribution in [0.3, 0.4) is 0 Å². The van der Waals surface area contributed by atoms with Crippen LogP contribution in [0.5, 0.6) is 0 Å². The number of amides is 3. The van der Waals surface area contributed by atoms with Gasteiger partial charge < -0.3 is 20.3 Å². The molecule has 1 aromatic carbocycles. The lowest BCUT2D eigenvalue weighted by molar-refractivity contribution is -0.0728. The first-order valence-electron chi connectivity index (χ1n) is 11.5. The molecule has 2 atom stereocenters. The number of anilines is 1. The van der Waals surface area contributed by atoms with E-state index in [0.29, 0.717) is 29.4 Å². The number of nitrogens with zero attached hydrogens (tertiary/aromatic N) is 2. The van der Waals surface area contributed by atoms with Gasteiger partial charge in [-0.25, -0.2) is 4.79 Å². The quantitative estimate of drug-likeness (QED) is 0.766. The molecular formula is C24H38N4O3. The fourth-order valence-electron chi connectivity index (χ4n) is 4.44. The first kappa shape index (κ1) is 23.5. The highest BCUT2D eigenvalue weighted by Crippen LogP contribution is 2.22. The second kappa shape index (κ2) is 10.0. The van der Waals surface area contributed by atoms with Crippen LogP contribution in [-0.4, -0.2) is 72.2 Å². The molecule has 3 rings (SSSR count). The fourth-order valence-corrected chi connectivity index (χ4v) is 4.44. The van der Waals surface area contributed by atoms with E-state index in [4.69, 9.17) is 4.74 Å². The number of urea groups is 1. The molecule has 172 valence electrons. The lowest BCUT2D eigenvalue weighted by Crippen LogP contribution is -2.49. The normalized spacial score (nSPS) is 23.5. The number of hydrogen-bond donors (Lipinski definition) is 2. The predicted octanol–water partition coefficient (Wildman–Crippen LogP) is 3.57. The summed E-state index contributed by atoms with van der Waals surface area (Å²) < 4.78 is 5.83. The molecule has 2 fully saturated rings. The molecule has 2 heterocycles. The van der Waals surface area contributed by atoms with Gasteiger partial charge in [-0.15, -0.1) is 0 Å². The molecule has 3 amide bonds. The van der Waals surface area contributed by atoms with Gasteiger partial charge in [-0.3, -0.25) is 9.69 Å². The molecular weight excluding hydrogens is 392 g/mol. The molecule has 7 nitrogen and oxygen atoms in total. The van der Waals surface area contributed by atoms with Gasteiger partial charge in [0.05, 0.1) is 12.2 Å². The van der Waals surface area contributed by atoms with Crippen LogP contribution in [0.15, 0.2) is 24.3 Å². The molecule has 0 saturated carbocycles. The molecule has 31 heavy (non-hydrogen) atoms. The first-order chi connectivity index (χ1) is 14.6. The minimum absolute atomic E-state index is 0.0704. The van der Waals surface area contributed by atoms with E-state index >= 15 is 0 Å². The van der Waals surface area contributed by atoms with Gasteiger partial charge >= 0.3 is 6.03 Å². The highest BCUT2D eigenvalue weighted by atomic mass is 16.5. The van der Waals surface area contributed by atoms with Gasteiger partial charge in [0.15, 0.2) is 0 Å². The fraction of sp³-hybridized carbons (Fsp3) is 0.667. The summed E-state index contributed by atoms with van der Waals surface area (Å²) >= 11 is 0. The van der Waals surface area contributed by atoms with E-state index < -0.39 is 0 Å². The monoisotopic (exact) mass is 430 g/mol. The van der Waals surface area contributed by atoms with Crippen LogP contribution in [0.2, 0.25) is 0 Å². The zero-order valence-electron chi connectivity index (χ0n) is 19.6. The maximum atomic E-state index is 12.7. The molecule has 0 aliphatic carbocycles. The van der Waals surface area contributed by atoms with Gasteiger partial charge in [-0.2, -0.15) is 0 Å². The van der Waals surface area contributed by atoms with Crippen LogP contribution in [0, 0.1) is 5.92 Å². The Morgan fingerprint density at radius 2 is 1.61 bits per heavy atom. The van der Waals surface area contributed by atoms with Gasteiger partial charge in [0.1, 0.15) is 0 Å². The number of benzene rings is 1. The molecule has 2 N–H and O–H groups in total. The van der Waals surface area contributed by atoms with Gasteiger partial charge in [-0.05, 0) is 77.6 Å². The SMILES string of the molecule is CC1CN(CC2CCN(C(=O)Nc3ccc(C(=O)NC(C)(C)C)cc3)CC2)CC(C)O1. The Bertz CT molecular complexity index is 741. The maximum Gasteiger partial charge on any atom is 0.321 e. The van der Waals surface area contributed by atoms with Gasteiger partial charge in [-0.1, -0.05) is 0 Å². The van der Waals surface area contributed by atoms with Crippen LogP contribution in [-0.2, 0) is 4.74 Å². The van der Waals surface area contributed by atoms with Crippen molar-refractivity contribution in [1.29, 1.82) is 0 Å². The molecule has 2 unspecified atom stereocenters. The maximum absolute atomic E-state index is 12.7. The van der Waals surface area contributed by atoms with Crippen molar-refractivity contribution in [2.45, 2.75) is 65.2 Å². The summed E-state index contributed by atoms with van der Waals surface area (Å²) in [5.74, 6) is 0.513. The molecule has 0 aromatic heterocycles. The second-order valence-electron chi connectivity index (χ2n) is 10.1. The van der Waals surface area contributed by atoms with Crippen molar-refractivity contribution >= 4 is 17.6 Å². The van der Waals surface area contributed by atoms with E-state index in [1.165, 1.54) is 0 Å². The molecule has 0 spiro atoms. The van der Waals surface area contributed by atoms with Gasteiger partial charge in [0.25, 0.3) is 5.91 Å². The number of carbonyl (C=O) groups is 2. The Balaban J connectivity index is 1.44. The molecule has 2 saturated heterocycles. The number of nitrogens with one attached hydrogen (secondary N) is 2. The largest absolute Gasteiger partial charge is 0.373 e.